The molecule has 2 aromatic rings. The molecule has 0 saturated carbocycles. The van der Waals surface area contributed by atoms with Crippen molar-refractivity contribution in [1.82, 2.24) is 0 Å². The normalized spacial score (nSPS) is 13.6. The van der Waals surface area contributed by atoms with E-state index < -0.39 is 10.0 Å². The first-order valence-corrected chi connectivity index (χ1v) is 9.50. The second-order valence-corrected chi connectivity index (χ2v) is 7.42. The first-order valence-electron chi connectivity index (χ1n) is 7.66. The molecule has 7 nitrogen and oxygen atoms in total. The van der Waals surface area contributed by atoms with E-state index >= 15 is 0 Å². The number of carbonyl (C=O) groups is 1. The smallest absolute Gasteiger partial charge is 0.262 e. The SMILES string of the molecule is CS(=O)(=O)N1CCOc2ccc(NC(=O)COc3ccccc3)cc21. The number of carbonyl (C=O) groups excluding carboxylic acids is 1. The molecule has 1 heterocycles. The van der Waals surface area contributed by atoms with Gasteiger partial charge in [0, 0.05) is 5.69 Å². The highest BCUT2D eigenvalue weighted by molar-refractivity contribution is 7.92. The molecule has 1 aliphatic rings. The van der Waals surface area contributed by atoms with E-state index in [-0.39, 0.29) is 25.7 Å². The largest absolute Gasteiger partial charge is 0.489 e. The molecule has 1 aliphatic heterocycles. The average Bonchev–Trinajstić information content (AvgIpc) is 2.59. The lowest BCUT2D eigenvalue weighted by atomic mass is 10.2. The minimum Gasteiger partial charge on any atom is -0.489 e. The number of nitrogens with zero attached hydrogens (tertiary/aromatic N) is 1. The molecule has 0 saturated heterocycles. The van der Waals surface area contributed by atoms with Crippen LogP contribution in [-0.4, -0.2) is 40.3 Å². The number of rotatable bonds is 5. The maximum Gasteiger partial charge on any atom is 0.262 e. The molecule has 8 heteroatoms. The quantitative estimate of drug-likeness (QED) is 0.878. The van der Waals surface area contributed by atoms with Crippen molar-refractivity contribution in [3.8, 4) is 11.5 Å². The van der Waals surface area contributed by atoms with Crippen molar-refractivity contribution in [1.29, 1.82) is 0 Å². The summed E-state index contributed by atoms with van der Waals surface area (Å²) in [5, 5.41) is 2.69. The van der Waals surface area contributed by atoms with Crippen molar-refractivity contribution in [2.24, 2.45) is 0 Å². The van der Waals surface area contributed by atoms with E-state index in [0.29, 0.717) is 22.9 Å². The minimum absolute atomic E-state index is 0.145. The molecule has 2 aromatic carbocycles. The lowest BCUT2D eigenvalue weighted by molar-refractivity contribution is -0.118. The van der Waals surface area contributed by atoms with E-state index in [1.54, 1.807) is 30.3 Å². The molecule has 0 fully saturated rings. The fourth-order valence-corrected chi connectivity index (χ4v) is 3.38. The predicted octanol–water partition coefficient (Wildman–Crippen LogP) is 1.86. The maximum absolute atomic E-state index is 12.0. The predicted molar refractivity (Wildman–Crippen MR) is 94.7 cm³/mol. The number of hydrogen-bond donors (Lipinski definition) is 1. The Balaban J connectivity index is 1.70. The summed E-state index contributed by atoms with van der Waals surface area (Å²) >= 11 is 0. The first kappa shape index (κ1) is 17.1. The van der Waals surface area contributed by atoms with Gasteiger partial charge in [0.05, 0.1) is 18.5 Å². The molecule has 0 spiro atoms. The second kappa shape index (κ2) is 7.02. The van der Waals surface area contributed by atoms with Crippen molar-refractivity contribution >= 4 is 27.3 Å². The van der Waals surface area contributed by atoms with Gasteiger partial charge in [-0.1, -0.05) is 18.2 Å². The van der Waals surface area contributed by atoms with Crippen LogP contribution >= 0.6 is 0 Å². The van der Waals surface area contributed by atoms with Crippen LogP contribution in [-0.2, 0) is 14.8 Å². The summed E-state index contributed by atoms with van der Waals surface area (Å²) in [4.78, 5) is 12.0. The average molecular weight is 362 g/mol. The van der Waals surface area contributed by atoms with E-state index in [0.717, 1.165) is 6.26 Å². The van der Waals surface area contributed by atoms with Crippen LogP contribution in [0.15, 0.2) is 48.5 Å². The van der Waals surface area contributed by atoms with Crippen LogP contribution in [0, 0.1) is 0 Å². The summed E-state index contributed by atoms with van der Waals surface area (Å²) in [6.07, 6.45) is 1.14. The summed E-state index contributed by atoms with van der Waals surface area (Å²) in [5.74, 6) is 0.724. The highest BCUT2D eigenvalue weighted by atomic mass is 32.2. The zero-order valence-corrected chi connectivity index (χ0v) is 14.5. The third-order valence-electron chi connectivity index (χ3n) is 3.58. The van der Waals surface area contributed by atoms with E-state index in [1.807, 2.05) is 18.2 Å². The molecule has 1 amide bonds. The Morgan fingerprint density at radius 1 is 1.24 bits per heavy atom. The highest BCUT2D eigenvalue weighted by Gasteiger charge is 2.25. The lowest BCUT2D eigenvalue weighted by Gasteiger charge is -2.29. The number of para-hydroxylation sites is 1. The number of amides is 1. The number of benzene rings is 2. The third-order valence-corrected chi connectivity index (χ3v) is 4.76. The molecule has 25 heavy (non-hydrogen) atoms. The summed E-state index contributed by atoms with van der Waals surface area (Å²) < 4.78 is 35.9. The Labute approximate surface area is 146 Å². The fraction of sp³-hybridized carbons (Fsp3) is 0.235. The van der Waals surface area contributed by atoms with Crippen LogP contribution in [0.3, 0.4) is 0 Å². The summed E-state index contributed by atoms with van der Waals surface area (Å²) in [5.41, 5.74) is 0.884. The van der Waals surface area contributed by atoms with E-state index in [9.17, 15) is 13.2 Å². The zero-order chi connectivity index (χ0) is 17.9. The fourth-order valence-electron chi connectivity index (χ4n) is 2.48. The highest BCUT2D eigenvalue weighted by Crippen LogP contribution is 2.35. The maximum atomic E-state index is 12.0. The molecule has 0 aromatic heterocycles. The Morgan fingerprint density at radius 3 is 2.72 bits per heavy atom. The van der Waals surface area contributed by atoms with Gasteiger partial charge in [-0.3, -0.25) is 9.10 Å². The van der Waals surface area contributed by atoms with Gasteiger partial charge in [0.15, 0.2) is 6.61 Å². The Bertz CT molecular complexity index is 868. The molecular formula is C17H18N2O5S. The first-order chi connectivity index (χ1) is 11.9. The van der Waals surface area contributed by atoms with Crippen molar-refractivity contribution in [2.45, 2.75) is 0 Å². The van der Waals surface area contributed by atoms with E-state index in [2.05, 4.69) is 5.32 Å². The molecule has 0 aliphatic carbocycles. The Morgan fingerprint density at radius 2 is 2.00 bits per heavy atom. The van der Waals surface area contributed by atoms with E-state index in [1.165, 1.54) is 4.31 Å². The van der Waals surface area contributed by atoms with Crippen molar-refractivity contribution in [3.05, 3.63) is 48.5 Å². The van der Waals surface area contributed by atoms with Gasteiger partial charge >= 0.3 is 0 Å². The van der Waals surface area contributed by atoms with Crippen LogP contribution in [0.5, 0.6) is 11.5 Å². The molecular weight excluding hydrogens is 344 g/mol. The Kier molecular flexibility index (Phi) is 4.80. The molecule has 0 bridgehead atoms. The van der Waals surface area contributed by atoms with Crippen LogP contribution in [0.2, 0.25) is 0 Å². The molecule has 0 atom stereocenters. The number of ether oxygens (including phenoxy) is 2. The summed E-state index contributed by atoms with van der Waals surface area (Å²) in [7, 11) is -3.41. The van der Waals surface area contributed by atoms with Crippen LogP contribution in [0.1, 0.15) is 0 Å². The van der Waals surface area contributed by atoms with Crippen molar-refractivity contribution in [2.75, 3.05) is 35.6 Å². The molecule has 1 N–H and O–H groups in total. The molecule has 132 valence electrons. The lowest BCUT2D eigenvalue weighted by Crippen LogP contribution is -2.37. The van der Waals surface area contributed by atoms with Gasteiger partial charge in [0.2, 0.25) is 10.0 Å². The Hall–Kier alpha value is -2.74. The third kappa shape index (κ3) is 4.21. The standard InChI is InChI=1S/C17H18N2O5S/c1-25(21,22)19-9-10-23-16-8-7-13(11-15(16)19)18-17(20)12-24-14-5-3-2-4-6-14/h2-8,11H,9-10,12H2,1H3,(H,18,20). The number of anilines is 2. The number of nitrogens with one attached hydrogen (secondary N) is 1. The monoisotopic (exact) mass is 362 g/mol. The zero-order valence-electron chi connectivity index (χ0n) is 13.6. The number of sulfonamides is 1. The second-order valence-electron chi connectivity index (χ2n) is 5.52. The summed E-state index contributed by atoms with van der Waals surface area (Å²) in [6, 6.07) is 13.9. The van der Waals surface area contributed by atoms with Crippen LogP contribution < -0.4 is 19.1 Å². The molecule has 0 unspecified atom stereocenters. The summed E-state index contributed by atoms with van der Waals surface area (Å²) in [6.45, 7) is 0.379. The van der Waals surface area contributed by atoms with Gasteiger partial charge in [0.25, 0.3) is 5.91 Å². The number of hydrogen-bond acceptors (Lipinski definition) is 5. The van der Waals surface area contributed by atoms with Gasteiger partial charge in [0.1, 0.15) is 18.1 Å². The van der Waals surface area contributed by atoms with Crippen LogP contribution in [0.4, 0.5) is 11.4 Å². The van der Waals surface area contributed by atoms with Gasteiger partial charge in [-0.15, -0.1) is 0 Å². The van der Waals surface area contributed by atoms with Crippen molar-refractivity contribution in [3.63, 3.8) is 0 Å². The van der Waals surface area contributed by atoms with Gasteiger partial charge < -0.3 is 14.8 Å². The van der Waals surface area contributed by atoms with Gasteiger partial charge in [-0.25, -0.2) is 8.42 Å². The van der Waals surface area contributed by atoms with E-state index in [4.69, 9.17) is 9.47 Å². The van der Waals surface area contributed by atoms with Crippen molar-refractivity contribution < 1.29 is 22.7 Å². The topological polar surface area (TPSA) is 84.9 Å². The van der Waals surface area contributed by atoms with Gasteiger partial charge in [-0.2, -0.15) is 0 Å². The molecule has 0 radical (unpaired) electrons. The minimum atomic E-state index is -3.41. The number of fused-ring (bicyclic) bond motifs is 1. The molecule has 3 rings (SSSR count). The van der Waals surface area contributed by atoms with Gasteiger partial charge in [-0.05, 0) is 30.3 Å². The van der Waals surface area contributed by atoms with Crippen LogP contribution in [0.25, 0.3) is 0 Å².